The zero-order valence-electron chi connectivity index (χ0n) is 14.6. The summed E-state index contributed by atoms with van der Waals surface area (Å²) >= 11 is 0. The van der Waals surface area contributed by atoms with Gasteiger partial charge in [-0.1, -0.05) is 25.1 Å². The molecule has 26 heavy (non-hydrogen) atoms. The van der Waals surface area contributed by atoms with Crippen molar-refractivity contribution in [3.63, 3.8) is 0 Å². The molecule has 0 saturated heterocycles. The Labute approximate surface area is 151 Å². The number of hydrogen-bond acceptors (Lipinski definition) is 4. The van der Waals surface area contributed by atoms with E-state index in [1.165, 1.54) is 19.1 Å². The number of allylic oxidation sites excluding steroid dienone is 1. The van der Waals surface area contributed by atoms with Gasteiger partial charge in [0.1, 0.15) is 5.75 Å². The molecule has 2 rings (SSSR count). The van der Waals surface area contributed by atoms with Gasteiger partial charge >= 0.3 is 5.97 Å². The summed E-state index contributed by atoms with van der Waals surface area (Å²) in [5, 5.41) is 5.47. The van der Waals surface area contributed by atoms with Gasteiger partial charge < -0.3 is 15.4 Å². The Balaban J connectivity index is 2.07. The van der Waals surface area contributed by atoms with Gasteiger partial charge in [-0.05, 0) is 48.9 Å². The third-order valence-electron chi connectivity index (χ3n) is 3.25. The largest absolute Gasteiger partial charge is 0.427 e. The number of ether oxygens (including phenoxy) is 1. The van der Waals surface area contributed by atoms with Gasteiger partial charge in [0.2, 0.25) is 5.91 Å². The summed E-state index contributed by atoms with van der Waals surface area (Å²) in [5.74, 6) is -0.741. The van der Waals surface area contributed by atoms with Crippen molar-refractivity contribution < 1.29 is 19.1 Å². The molecule has 0 atom stereocenters. The first-order chi connectivity index (χ1) is 12.5. The molecule has 0 aliphatic carbocycles. The van der Waals surface area contributed by atoms with Crippen molar-refractivity contribution in [1.82, 2.24) is 0 Å². The Morgan fingerprint density at radius 2 is 1.69 bits per heavy atom. The van der Waals surface area contributed by atoms with E-state index in [0.717, 1.165) is 6.42 Å². The highest BCUT2D eigenvalue weighted by Gasteiger charge is 2.09. The number of hydrogen-bond donors (Lipinski definition) is 2. The number of rotatable bonds is 6. The Hall–Kier alpha value is -3.41. The Bertz CT molecular complexity index is 843. The highest BCUT2D eigenvalue weighted by atomic mass is 16.5. The number of nitrogens with one attached hydrogen (secondary N) is 2. The fraction of sp³-hybridized carbons (Fsp3) is 0.150. The van der Waals surface area contributed by atoms with Crippen LogP contribution in [0.4, 0.5) is 11.4 Å². The highest BCUT2D eigenvalue weighted by Crippen LogP contribution is 2.18. The fourth-order valence-corrected chi connectivity index (χ4v) is 2.15. The maximum absolute atomic E-state index is 12.4. The lowest BCUT2D eigenvalue weighted by molar-refractivity contribution is -0.131. The molecule has 0 bridgehead atoms. The van der Waals surface area contributed by atoms with Crippen LogP contribution < -0.4 is 15.4 Å². The van der Waals surface area contributed by atoms with Gasteiger partial charge in [0.25, 0.3) is 5.91 Å². The first-order valence-electron chi connectivity index (χ1n) is 8.15. The average Bonchev–Trinajstić information content (AvgIpc) is 2.60. The first-order valence-corrected chi connectivity index (χ1v) is 8.15. The van der Waals surface area contributed by atoms with E-state index in [4.69, 9.17) is 4.74 Å². The van der Waals surface area contributed by atoms with Crippen molar-refractivity contribution in [2.45, 2.75) is 20.3 Å². The van der Waals surface area contributed by atoms with Crippen LogP contribution in [0.15, 0.2) is 60.7 Å². The number of benzene rings is 2. The minimum absolute atomic E-state index is 0.232. The average molecular weight is 352 g/mol. The van der Waals surface area contributed by atoms with Crippen LogP contribution in [0.3, 0.4) is 0 Å². The number of esters is 1. The fourth-order valence-electron chi connectivity index (χ4n) is 2.15. The summed E-state index contributed by atoms with van der Waals surface area (Å²) in [4.78, 5) is 35.1. The van der Waals surface area contributed by atoms with Crippen LogP contribution in [0.1, 0.15) is 30.6 Å². The predicted molar refractivity (Wildman–Crippen MR) is 100 cm³/mol. The molecule has 134 valence electrons. The van der Waals surface area contributed by atoms with Crippen LogP contribution in [0.2, 0.25) is 0 Å². The minimum Gasteiger partial charge on any atom is -0.427 e. The predicted octanol–water partition coefficient (Wildman–Crippen LogP) is 3.77. The molecule has 2 amide bonds. The van der Waals surface area contributed by atoms with Gasteiger partial charge in [0.15, 0.2) is 0 Å². The Morgan fingerprint density at radius 1 is 1.00 bits per heavy atom. The number of carbonyl (C=O) groups excluding carboxylic acids is 3. The minimum atomic E-state index is -0.455. The SMILES string of the molecule is CC/C=C/C(=O)Nc1cccc(NC(=O)c2cccc(OC(C)=O)c2)c1. The molecule has 6 heteroatoms. The van der Waals surface area contributed by atoms with Crippen LogP contribution in [-0.2, 0) is 9.59 Å². The zero-order valence-corrected chi connectivity index (χ0v) is 14.6. The second kappa shape index (κ2) is 9.17. The van der Waals surface area contributed by atoms with E-state index < -0.39 is 5.97 Å². The van der Waals surface area contributed by atoms with E-state index in [1.54, 1.807) is 48.5 Å². The van der Waals surface area contributed by atoms with Crippen molar-refractivity contribution in [2.24, 2.45) is 0 Å². The summed E-state index contributed by atoms with van der Waals surface area (Å²) in [6, 6.07) is 13.2. The molecule has 0 aromatic heterocycles. The van der Waals surface area contributed by atoms with E-state index in [9.17, 15) is 14.4 Å². The van der Waals surface area contributed by atoms with Crippen LogP contribution in [-0.4, -0.2) is 17.8 Å². The molecule has 0 aliphatic rings. The van der Waals surface area contributed by atoms with Crippen molar-refractivity contribution in [3.8, 4) is 5.75 Å². The molecule has 0 radical (unpaired) electrons. The standard InChI is InChI=1S/C20H20N2O4/c1-3-4-11-19(24)21-16-8-6-9-17(13-16)22-20(25)15-7-5-10-18(12-15)26-14(2)23/h4-13H,3H2,1-2H3,(H,21,24)(H,22,25)/b11-4+. The molecule has 0 fully saturated rings. The molecule has 0 saturated carbocycles. The maximum atomic E-state index is 12.4. The van der Waals surface area contributed by atoms with Gasteiger partial charge in [0.05, 0.1) is 0 Å². The van der Waals surface area contributed by atoms with Gasteiger partial charge in [0, 0.05) is 23.9 Å². The lowest BCUT2D eigenvalue weighted by Gasteiger charge is -2.09. The summed E-state index contributed by atoms with van der Waals surface area (Å²) in [6.45, 7) is 3.23. The molecular formula is C20H20N2O4. The monoisotopic (exact) mass is 352 g/mol. The summed E-state index contributed by atoms with van der Waals surface area (Å²) in [5.41, 5.74) is 1.46. The van der Waals surface area contributed by atoms with Crippen LogP contribution >= 0.6 is 0 Å². The molecule has 6 nitrogen and oxygen atoms in total. The third-order valence-corrected chi connectivity index (χ3v) is 3.25. The third kappa shape index (κ3) is 5.90. The molecule has 2 aromatic carbocycles. The van der Waals surface area contributed by atoms with Gasteiger partial charge in [-0.25, -0.2) is 0 Å². The van der Waals surface area contributed by atoms with Crippen LogP contribution in [0, 0.1) is 0 Å². The lowest BCUT2D eigenvalue weighted by atomic mass is 10.2. The normalized spacial score (nSPS) is 10.4. The summed E-state index contributed by atoms with van der Waals surface area (Å²) in [6.07, 6.45) is 4.00. The molecule has 0 spiro atoms. The molecular weight excluding hydrogens is 332 g/mol. The highest BCUT2D eigenvalue weighted by molar-refractivity contribution is 6.05. The Morgan fingerprint density at radius 3 is 2.38 bits per heavy atom. The van der Waals surface area contributed by atoms with Gasteiger partial charge in [-0.15, -0.1) is 0 Å². The Kier molecular flexibility index (Phi) is 6.68. The quantitative estimate of drug-likeness (QED) is 0.471. The van der Waals surface area contributed by atoms with E-state index in [1.807, 2.05) is 6.92 Å². The maximum Gasteiger partial charge on any atom is 0.308 e. The summed E-state index contributed by atoms with van der Waals surface area (Å²) in [7, 11) is 0. The number of amides is 2. The number of carbonyl (C=O) groups is 3. The summed E-state index contributed by atoms with van der Waals surface area (Å²) < 4.78 is 4.98. The van der Waals surface area contributed by atoms with Crippen molar-refractivity contribution in [3.05, 3.63) is 66.2 Å². The second-order valence-electron chi connectivity index (χ2n) is 5.46. The lowest BCUT2D eigenvalue weighted by Crippen LogP contribution is -2.13. The van der Waals surface area contributed by atoms with E-state index in [2.05, 4.69) is 10.6 Å². The second-order valence-corrected chi connectivity index (χ2v) is 5.46. The van der Waals surface area contributed by atoms with Gasteiger partial charge in [-0.3, -0.25) is 14.4 Å². The van der Waals surface area contributed by atoms with E-state index in [0.29, 0.717) is 22.7 Å². The zero-order chi connectivity index (χ0) is 18.9. The smallest absolute Gasteiger partial charge is 0.308 e. The topological polar surface area (TPSA) is 84.5 Å². The first kappa shape index (κ1) is 18.9. The molecule has 2 aromatic rings. The van der Waals surface area contributed by atoms with E-state index in [-0.39, 0.29) is 11.8 Å². The van der Waals surface area contributed by atoms with E-state index >= 15 is 0 Å². The molecule has 0 unspecified atom stereocenters. The van der Waals surface area contributed by atoms with Gasteiger partial charge in [-0.2, -0.15) is 0 Å². The van der Waals surface area contributed by atoms with Crippen LogP contribution in [0.5, 0.6) is 5.75 Å². The van der Waals surface area contributed by atoms with Crippen molar-refractivity contribution in [1.29, 1.82) is 0 Å². The van der Waals surface area contributed by atoms with Crippen molar-refractivity contribution in [2.75, 3.05) is 10.6 Å². The number of anilines is 2. The molecule has 0 heterocycles. The van der Waals surface area contributed by atoms with Crippen LogP contribution in [0.25, 0.3) is 0 Å². The molecule has 2 N–H and O–H groups in total. The molecule has 0 aliphatic heterocycles. The van der Waals surface area contributed by atoms with Crippen molar-refractivity contribution >= 4 is 29.2 Å².